The van der Waals surface area contributed by atoms with Gasteiger partial charge in [-0.05, 0) is 41.0 Å². The Labute approximate surface area is 203 Å². The van der Waals surface area contributed by atoms with Crippen LogP contribution in [0.25, 0.3) is 21.7 Å². The summed E-state index contributed by atoms with van der Waals surface area (Å²) in [4.78, 5) is 39.1. The molecule has 4 aromatic rings. The van der Waals surface area contributed by atoms with E-state index in [1.54, 1.807) is 23.1 Å². The van der Waals surface area contributed by atoms with Crippen LogP contribution in [0.2, 0.25) is 0 Å². The van der Waals surface area contributed by atoms with Crippen LogP contribution in [0.1, 0.15) is 24.0 Å². The Morgan fingerprint density at radius 3 is 2.74 bits per heavy atom. The number of esters is 1. The van der Waals surface area contributed by atoms with Crippen LogP contribution in [0.3, 0.4) is 0 Å². The maximum atomic E-state index is 13.5. The molecule has 0 radical (unpaired) electrons. The molecule has 2 aliphatic rings. The summed E-state index contributed by atoms with van der Waals surface area (Å²) in [6.45, 7) is -0.123. The van der Waals surface area contributed by atoms with Crippen molar-refractivity contribution in [3.63, 3.8) is 0 Å². The Kier molecular flexibility index (Phi) is 5.14. The number of thioether (sulfide) groups is 1. The number of carbonyl (C=O) groups is 2. The third-order valence-electron chi connectivity index (χ3n) is 6.78. The molecule has 35 heavy (non-hydrogen) atoms. The van der Waals surface area contributed by atoms with Crippen molar-refractivity contribution in [2.75, 3.05) is 5.75 Å². The van der Waals surface area contributed by atoms with E-state index in [9.17, 15) is 18.8 Å². The molecule has 0 saturated carbocycles. The lowest BCUT2D eigenvalue weighted by molar-refractivity contribution is -0.155. The first-order valence-electron chi connectivity index (χ1n) is 11.3. The van der Waals surface area contributed by atoms with E-state index in [-0.39, 0.29) is 18.3 Å². The van der Waals surface area contributed by atoms with Gasteiger partial charge in [0.1, 0.15) is 28.9 Å². The average Bonchev–Trinajstić information content (AvgIpc) is 3.41. The van der Waals surface area contributed by atoms with Crippen molar-refractivity contribution in [1.82, 2.24) is 4.90 Å². The molecule has 0 N–H and O–H groups in total. The average molecular weight is 490 g/mol. The zero-order valence-corrected chi connectivity index (χ0v) is 19.3. The number of benzene rings is 3. The smallest absolute Gasteiger partial charge is 0.336 e. The van der Waals surface area contributed by atoms with Crippen LogP contribution in [0.15, 0.2) is 75.9 Å². The van der Waals surface area contributed by atoms with Gasteiger partial charge in [-0.1, -0.05) is 42.5 Å². The van der Waals surface area contributed by atoms with Gasteiger partial charge in [0.15, 0.2) is 0 Å². The quantitative estimate of drug-likeness (QED) is 0.235. The van der Waals surface area contributed by atoms with Crippen LogP contribution in [-0.2, 0) is 25.8 Å². The minimum atomic E-state index is -0.761. The number of hydrogen-bond donors (Lipinski definition) is 0. The second kappa shape index (κ2) is 8.23. The maximum Gasteiger partial charge on any atom is 0.336 e. The molecule has 0 aliphatic carbocycles. The molecule has 2 fully saturated rings. The number of carbonyl (C=O) groups excluding carboxylic acids is 2. The lowest BCUT2D eigenvalue weighted by Crippen LogP contribution is -2.46. The van der Waals surface area contributed by atoms with Crippen molar-refractivity contribution in [2.24, 2.45) is 0 Å². The van der Waals surface area contributed by atoms with Crippen molar-refractivity contribution in [3.8, 4) is 0 Å². The van der Waals surface area contributed by atoms with Gasteiger partial charge in [0, 0.05) is 29.2 Å². The molecule has 2 saturated heterocycles. The number of amides is 1. The Balaban J connectivity index is 1.30. The predicted molar refractivity (Wildman–Crippen MR) is 130 cm³/mol. The number of nitrogens with zero attached hydrogens (tertiary/aromatic N) is 1. The number of fused-ring (bicyclic) bond motifs is 4. The van der Waals surface area contributed by atoms with Crippen LogP contribution < -0.4 is 5.63 Å². The fourth-order valence-electron chi connectivity index (χ4n) is 5.21. The zero-order chi connectivity index (χ0) is 24.2. The Bertz CT molecular complexity index is 1550. The fourth-order valence-corrected chi connectivity index (χ4v) is 6.84. The first-order chi connectivity index (χ1) is 17.0. The second-order valence-electron chi connectivity index (χ2n) is 8.74. The molecule has 2 aliphatic heterocycles. The van der Waals surface area contributed by atoms with Crippen LogP contribution >= 0.6 is 11.8 Å². The maximum absolute atomic E-state index is 13.5. The minimum Gasteiger partial charge on any atom is -0.459 e. The van der Waals surface area contributed by atoms with E-state index < -0.39 is 22.5 Å². The lowest BCUT2D eigenvalue weighted by atomic mass is 10.0. The van der Waals surface area contributed by atoms with Crippen LogP contribution in [0, 0.1) is 5.82 Å². The lowest BCUT2D eigenvalue weighted by Gasteiger charge is -2.33. The van der Waals surface area contributed by atoms with Gasteiger partial charge in [-0.25, -0.2) is 14.0 Å². The zero-order valence-electron chi connectivity index (χ0n) is 18.5. The van der Waals surface area contributed by atoms with Crippen molar-refractivity contribution >= 4 is 45.4 Å². The minimum absolute atomic E-state index is 0.123. The summed E-state index contributed by atoms with van der Waals surface area (Å²) in [5.41, 5.74) is 1.23. The highest BCUT2D eigenvalue weighted by Crippen LogP contribution is 2.54. The van der Waals surface area contributed by atoms with Gasteiger partial charge in [0.2, 0.25) is 5.91 Å². The van der Waals surface area contributed by atoms with Crippen molar-refractivity contribution in [3.05, 3.63) is 94.1 Å². The van der Waals surface area contributed by atoms with E-state index in [1.165, 1.54) is 30.0 Å². The summed E-state index contributed by atoms with van der Waals surface area (Å²) < 4.78 is 24.6. The summed E-state index contributed by atoms with van der Waals surface area (Å²) in [7, 11) is 0. The van der Waals surface area contributed by atoms with Gasteiger partial charge in [0.25, 0.3) is 0 Å². The number of rotatable bonds is 4. The molecule has 176 valence electrons. The Morgan fingerprint density at radius 1 is 1.11 bits per heavy atom. The van der Waals surface area contributed by atoms with E-state index in [0.717, 1.165) is 16.3 Å². The Hall–Kier alpha value is -3.65. The standard InChI is InChI=1S/C27H20FNO5S/c28-19-8-6-18(7-9-19)27-12-11-23(30)29(27)21(15-35-27)26(32)33-14-17-13-24(31)34-22-10-5-16-3-1-2-4-20(16)25(17)22/h1-10,13,21H,11-12,14-15H2/t21-,27+/m0/s1. The summed E-state index contributed by atoms with van der Waals surface area (Å²) in [6.07, 6.45) is 0.854. The van der Waals surface area contributed by atoms with Crippen LogP contribution in [-0.4, -0.2) is 28.6 Å². The summed E-state index contributed by atoms with van der Waals surface area (Å²) in [5, 5.41) is 2.58. The molecule has 3 heterocycles. The first kappa shape index (κ1) is 21.9. The largest absolute Gasteiger partial charge is 0.459 e. The molecule has 0 bridgehead atoms. The highest BCUT2D eigenvalue weighted by Gasteiger charge is 2.57. The highest BCUT2D eigenvalue weighted by atomic mass is 32.2. The van der Waals surface area contributed by atoms with Crippen molar-refractivity contribution in [1.29, 1.82) is 0 Å². The van der Waals surface area contributed by atoms with Gasteiger partial charge in [-0.15, -0.1) is 11.8 Å². The molecule has 6 nitrogen and oxygen atoms in total. The molecular weight excluding hydrogens is 469 g/mol. The molecule has 8 heteroatoms. The van der Waals surface area contributed by atoms with E-state index in [1.807, 2.05) is 30.3 Å². The third-order valence-corrected chi connectivity index (χ3v) is 8.38. The van der Waals surface area contributed by atoms with E-state index >= 15 is 0 Å². The van der Waals surface area contributed by atoms with Crippen molar-refractivity contribution in [2.45, 2.75) is 30.4 Å². The van der Waals surface area contributed by atoms with E-state index in [4.69, 9.17) is 9.15 Å². The number of ether oxygens (including phenoxy) is 1. The molecule has 0 unspecified atom stereocenters. The second-order valence-corrected chi connectivity index (χ2v) is 10.0. The highest BCUT2D eigenvalue weighted by molar-refractivity contribution is 8.00. The third kappa shape index (κ3) is 3.51. The molecule has 2 atom stereocenters. The van der Waals surface area contributed by atoms with Gasteiger partial charge in [0.05, 0.1) is 0 Å². The molecule has 1 aromatic heterocycles. The van der Waals surface area contributed by atoms with Gasteiger partial charge < -0.3 is 14.1 Å². The van der Waals surface area contributed by atoms with Gasteiger partial charge in [-0.3, -0.25) is 4.79 Å². The molecular formula is C27H20FNO5S. The molecule has 6 rings (SSSR count). The summed E-state index contributed by atoms with van der Waals surface area (Å²) >= 11 is 1.50. The molecule has 1 amide bonds. The van der Waals surface area contributed by atoms with E-state index in [2.05, 4.69) is 0 Å². The normalized spacial score (nSPS) is 21.6. The summed E-state index contributed by atoms with van der Waals surface area (Å²) in [6, 6.07) is 18.0. The molecule has 3 aromatic carbocycles. The van der Waals surface area contributed by atoms with E-state index in [0.29, 0.717) is 35.1 Å². The Morgan fingerprint density at radius 2 is 1.91 bits per heavy atom. The topological polar surface area (TPSA) is 76.8 Å². The van der Waals surface area contributed by atoms with Gasteiger partial charge in [-0.2, -0.15) is 0 Å². The van der Waals surface area contributed by atoms with Gasteiger partial charge >= 0.3 is 11.6 Å². The summed E-state index contributed by atoms with van der Waals surface area (Å²) in [5.74, 6) is -0.633. The van der Waals surface area contributed by atoms with Crippen LogP contribution in [0.5, 0.6) is 0 Å². The fraction of sp³-hybridized carbons (Fsp3) is 0.222. The van der Waals surface area contributed by atoms with Crippen molar-refractivity contribution < 1.29 is 23.1 Å². The van der Waals surface area contributed by atoms with Crippen LogP contribution in [0.4, 0.5) is 4.39 Å². The number of hydrogen-bond acceptors (Lipinski definition) is 6. The predicted octanol–water partition coefficient (Wildman–Crippen LogP) is 4.72. The number of halogens is 1. The first-order valence-corrected chi connectivity index (χ1v) is 12.3. The SMILES string of the molecule is O=C(OCc1cc(=O)oc2ccc3ccccc3c12)[C@@H]1CS[C@@]2(c3ccc(F)cc3)CCC(=O)N12. The molecule has 0 spiro atoms. The monoisotopic (exact) mass is 489 g/mol.